The van der Waals surface area contributed by atoms with Crippen LogP contribution in [0, 0.1) is 6.92 Å². The molecule has 0 bridgehead atoms. The molecule has 0 unspecified atom stereocenters. The number of likely N-dealkylation sites (N-methyl/N-ethyl adjacent to an activating group) is 1. The van der Waals surface area contributed by atoms with E-state index in [1.54, 1.807) is 17.8 Å². The SMILES string of the molecule is CNC(=O)Cn1c(SCC(=O)O)nc2cc(C)cnc21. The molecule has 2 N–H and O–H groups in total. The second-order valence-electron chi connectivity index (χ2n) is 4.19. The van der Waals surface area contributed by atoms with Crippen molar-refractivity contribution in [3.8, 4) is 0 Å². The molecule has 2 heterocycles. The number of aromatic nitrogens is 3. The molecule has 0 atom stereocenters. The molecule has 7 nitrogen and oxygen atoms in total. The summed E-state index contributed by atoms with van der Waals surface area (Å²) < 4.78 is 1.63. The van der Waals surface area contributed by atoms with Gasteiger partial charge in [0.05, 0.1) is 5.75 Å². The Bertz CT molecular complexity index is 668. The average molecular weight is 294 g/mol. The van der Waals surface area contributed by atoms with E-state index >= 15 is 0 Å². The van der Waals surface area contributed by atoms with Crippen LogP contribution in [0.3, 0.4) is 0 Å². The number of hydrogen-bond donors (Lipinski definition) is 2. The zero-order chi connectivity index (χ0) is 14.7. The van der Waals surface area contributed by atoms with Crippen molar-refractivity contribution < 1.29 is 14.7 Å². The van der Waals surface area contributed by atoms with Crippen molar-refractivity contribution in [2.45, 2.75) is 18.6 Å². The largest absolute Gasteiger partial charge is 0.481 e. The maximum Gasteiger partial charge on any atom is 0.313 e. The molecule has 0 aliphatic rings. The highest BCUT2D eigenvalue weighted by atomic mass is 32.2. The number of carboxylic acid groups (broad SMARTS) is 1. The Morgan fingerprint density at radius 2 is 2.25 bits per heavy atom. The molecule has 0 saturated heterocycles. The standard InChI is InChI=1S/C12H14N4O3S/c1-7-3-8-11(14-4-7)16(5-9(17)13-2)12(15-8)20-6-10(18)19/h3-4H,5-6H2,1-2H3,(H,13,17)(H,18,19). The molecule has 0 fully saturated rings. The number of hydrogen-bond acceptors (Lipinski definition) is 5. The van der Waals surface area contributed by atoms with Gasteiger partial charge in [0.2, 0.25) is 5.91 Å². The van der Waals surface area contributed by atoms with Crippen molar-refractivity contribution in [1.82, 2.24) is 19.9 Å². The first-order chi connectivity index (χ1) is 9.51. The Morgan fingerprint density at radius 1 is 1.50 bits per heavy atom. The summed E-state index contributed by atoms with van der Waals surface area (Å²) in [5, 5.41) is 11.8. The number of aliphatic carboxylic acids is 1. The monoisotopic (exact) mass is 294 g/mol. The van der Waals surface area contributed by atoms with Crippen LogP contribution in [0.2, 0.25) is 0 Å². The Morgan fingerprint density at radius 3 is 2.90 bits per heavy atom. The van der Waals surface area contributed by atoms with Gasteiger partial charge in [-0.3, -0.25) is 14.2 Å². The van der Waals surface area contributed by atoms with Gasteiger partial charge < -0.3 is 10.4 Å². The van der Waals surface area contributed by atoms with E-state index in [1.807, 2.05) is 13.0 Å². The molecular formula is C12H14N4O3S. The Hall–Kier alpha value is -2.09. The summed E-state index contributed by atoms with van der Waals surface area (Å²) >= 11 is 1.07. The van der Waals surface area contributed by atoms with Crippen molar-refractivity contribution in [3.63, 3.8) is 0 Å². The van der Waals surface area contributed by atoms with Crippen LogP contribution in [0.5, 0.6) is 0 Å². The predicted octanol–water partition coefficient (Wildman–Crippen LogP) is 0.662. The predicted molar refractivity (Wildman–Crippen MR) is 74.7 cm³/mol. The second-order valence-corrected chi connectivity index (χ2v) is 5.13. The lowest BCUT2D eigenvalue weighted by molar-refractivity contribution is -0.133. The highest BCUT2D eigenvalue weighted by molar-refractivity contribution is 7.99. The highest BCUT2D eigenvalue weighted by Crippen LogP contribution is 2.23. The van der Waals surface area contributed by atoms with E-state index in [9.17, 15) is 9.59 Å². The van der Waals surface area contributed by atoms with Crippen LogP contribution in [0.4, 0.5) is 0 Å². The number of nitrogens with zero attached hydrogens (tertiary/aromatic N) is 3. The maximum atomic E-state index is 11.6. The quantitative estimate of drug-likeness (QED) is 0.786. The molecule has 0 radical (unpaired) electrons. The van der Waals surface area contributed by atoms with Crippen molar-refractivity contribution in [2.24, 2.45) is 0 Å². The van der Waals surface area contributed by atoms with Gasteiger partial charge in [0.1, 0.15) is 12.1 Å². The minimum absolute atomic E-state index is 0.0605. The van der Waals surface area contributed by atoms with Gasteiger partial charge in [-0.2, -0.15) is 0 Å². The topological polar surface area (TPSA) is 97.1 Å². The van der Waals surface area contributed by atoms with E-state index in [4.69, 9.17) is 5.11 Å². The highest BCUT2D eigenvalue weighted by Gasteiger charge is 2.15. The lowest BCUT2D eigenvalue weighted by Crippen LogP contribution is -2.24. The molecular weight excluding hydrogens is 280 g/mol. The fraction of sp³-hybridized carbons (Fsp3) is 0.333. The molecule has 2 rings (SSSR count). The number of rotatable bonds is 5. The van der Waals surface area contributed by atoms with E-state index in [-0.39, 0.29) is 18.2 Å². The van der Waals surface area contributed by atoms with Crippen LogP contribution >= 0.6 is 11.8 Å². The minimum atomic E-state index is -0.933. The average Bonchev–Trinajstić information content (AvgIpc) is 2.73. The molecule has 2 aromatic rings. The number of nitrogens with one attached hydrogen (secondary N) is 1. The maximum absolute atomic E-state index is 11.6. The zero-order valence-electron chi connectivity index (χ0n) is 11.1. The fourth-order valence-electron chi connectivity index (χ4n) is 1.69. The molecule has 0 aliphatic heterocycles. The number of carboxylic acids is 1. The lowest BCUT2D eigenvalue weighted by atomic mass is 10.3. The Balaban J connectivity index is 2.44. The van der Waals surface area contributed by atoms with Crippen molar-refractivity contribution in [1.29, 1.82) is 0 Å². The number of carbonyl (C=O) groups is 2. The molecule has 0 saturated carbocycles. The van der Waals surface area contributed by atoms with Crippen molar-refractivity contribution >= 4 is 34.8 Å². The van der Waals surface area contributed by atoms with Crippen molar-refractivity contribution in [2.75, 3.05) is 12.8 Å². The minimum Gasteiger partial charge on any atom is -0.481 e. The summed E-state index contributed by atoms with van der Waals surface area (Å²) in [4.78, 5) is 30.9. The van der Waals surface area contributed by atoms with Gasteiger partial charge in [0, 0.05) is 13.2 Å². The van der Waals surface area contributed by atoms with Crippen LogP contribution in [0.1, 0.15) is 5.56 Å². The van der Waals surface area contributed by atoms with E-state index < -0.39 is 5.97 Å². The van der Waals surface area contributed by atoms with E-state index in [2.05, 4.69) is 15.3 Å². The molecule has 0 aliphatic carbocycles. The van der Waals surface area contributed by atoms with Gasteiger partial charge in [-0.05, 0) is 18.6 Å². The van der Waals surface area contributed by atoms with Crippen LogP contribution < -0.4 is 5.32 Å². The summed E-state index contributed by atoms with van der Waals surface area (Å²) in [6.45, 7) is 1.96. The van der Waals surface area contributed by atoms with Gasteiger partial charge in [0.25, 0.3) is 0 Å². The van der Waals surface area contributed by atoms with Gasteiger partial charge in [-0.15, -0.1) is 0 Å². The third kappa shape index (κ3) is 3.08. The number of aryl methyl sites for hydroxylation is 1. The lowest BCUT2D eigenvalue weighted by Gasteiger charge is -2.06. The van der Waals surface area contributed by atoms with Crippen LogP contribution in [-0.2, 0) is 16.1 Å². The van der Waals surface area contributed by atoms with Gasteiger partial charge >= 0.3 is 5.97 Å². The molecule has 106 valence electrons. The first-order valence-electron chi connectivity index (χ1n) is 5.89. The number of thioether (sulfide) groups is 1. The van der Waals surface area contributed by atoms with Gasteiger partial charge in [-0.25, -0.2) is 9.97 Å². The number of pyridine rings is 1. The van der Waals surface area contributed by atoms with Gasteiger partial charge in [-0.1, -0.05) is 11.8 Å². The fourth-order valence-corrected chi connectivity index (χ4v) is 2.41. The second kappa shape index (κ2) is 5.91. The molecule has 1 amide bonds. The first kappa shape index (κ1) is 14.3. The Kier molecular flexibility index (Phi) is 4.23. The summed E-state index contributed by atoms with van der Waals surface area (Å²) in [7, 11) is 1.54. The Labute approximate surface area is 119 Å². The van der Waals surface area contributed by atoms with Crippen LogP contribution in [0.15, 0.2) is 17.4 Å². The summed E-state index contributed by atoms with van der Waals surface area (Å²) in [6, 6.07) is 1.85. The summed E-state index contributed by atoms with van der Waals surface area (Å²) in [6.07, 6.45) is 1.69. The molecule has 0 aromatic carbocycles. The third-order valence-electron chi connectivity index (χ3n) is 2.59. The smallest absolute Gasteiger partial charge is 0.313 e. The molecule has 0 spiro atoms. The van der Waals surface area contributed by atoms with E-state index in [1.165, 1.54) is 0 Å². The third-order valence-corrected chi connectivity index (χ3v) is 3.55. The van der Waals surface area contributed by atoms with E-state index in [0.29, 0.717) is 16.3 Å². The first-order valence-corrected chi connectivity index (χ1v) is 6.88. The summed E-state index contributed by atoms with van der Waals surface area (Å²) in [5.74, 6) is -1.24. The number of carbonyl (C=O) groups excluding carboxylic acids is 1. The van der Waals surface area contributed by atoms with Gasteiger partial charge in [0.15, 0.2) is 10.8 Å². The summed E-state index contributed by atoms with van der Waals surface area (Å²) in [5.41, 5.74) is 2.19. The van der Waals surface area contributed by atoms with E-state index in [0.717, 1.165) is 17.3 Å². The van der Waals surface area contributed by atoms with Crippen LogP contribution in [-0.4, -0.2) is 44.3 Å². The molecule has 20 heavy (non-hydrogen) atoms. The zero-order valence-corrected chi connectivity index (χ0v) is 11.9. The van der Waals surface area contributed by atoms with Crippen molar-refractivity contribution in [3.05, 3.63) is 17.8 Å². The van der Waals surface area contributed by atoms with Crippen LogP contribution in [0.25, 0.3) is 11.2 Å². The number of amides is 1. The number of fused-ring (bicyclic) bond motifs is 1. The number of imidazole rings is 1. The normalized spacial score (nSPS) is 10.7. The molecule has 8 heteroatoms. The molecule has 2 aromatic heterocycles.